The second-order valence-corrected chi connectivity index (χ2v) is 5.71. The number of nitrogens with zero attached hydrogens (tertiary/aromatic N) is 2. The van der Waals surface area contributed by atoms with Crippen LogP contribution in [0.15, 0.2) is 47.1 Å². The van der Waals surface area contributed by atoms with Crippen molar-refractivity contribution in [2.45, 2.75) is 6.92 Å². The largest absolute Gasteiger partial charge is 0.465 e. The summed E-state index contributed by atoms with van der Waals surface area (Å²) in [5, 5.41) is 0. The Hall–Kier alpha value is -2.69. The Labute approximate surface area is 136 Å². The molecule has 2 aromatic rings. The summed E-state index contributed by atoms with van der Waals surface area (Å²) in [7, 11) is 0. The number of amides is 1. The molecule has 0 spiro atoms. The number of anilines is 2. The number of carbonyl (C=O) groups is 1. The maximum atomic E-state index is 12.2. The molecule has 1 saturated heterocycles. The zero-order valence-corrected chi connectivity index (χ0v) is 13.2. The van der Waals surface area contributed by atoms with Crippen molar-refractivity contribution in [3.05, 3.63) is 54.0 Å². The Bertz CT molecular complexity index is 699. The highest BCUT2D eigenvalue weighted by atomic mass is 16.3. The summed E-state index contributed by atoms with van der Waals surface area (Å²) in [4.78, 5) is 16.4. The van der Waals surface area contributed by atoms with Crippen LogP contribution in [0, 0.1) is 6.92 Å². The van der Waals surface area contributed by atoms with Gasteiger partial charge in [-0.3, -0.25) is 4.79 Å². The molecule has 0 saturated carbocycles. The van der Waals surface area contributed by atoms with Crippen LogP contribution in [-0.4, -0.2) is 37.0 Å². The highest BCUT2D eigenvalue weighted by Crippen LogP contribution is 2.23. The average Bonchev–Trinajstić information content (AvgIpc) is 3.06. The number of piperazine rings is 1. The van der Waals surface area contributed by atoms with Crippen molar-refractivity contribution < 1.29 is 9.21 Å². The molecule has 3 rings (SSSR count). The molecule has 1 aromatic heterocycles. The van der Waals surface area contributed by atoms with Crippen molar-refractivity contribution in [2.75, 3.05) is 36.8 Å². The molecule has 1 amide bonds. The lowest BCUT2D eigenvalue weighted by molar-refractivity contribution is -0.126. The molecule has 1 aliphatic heterocycles. The van der Waals surface area contributed by atoms with Crippen LogP contribution in [0.2, 0.25) is 0 Å². The van der Waals surface area contributed by atoms with Gasteiger partial charge in [0, 0.05) is 43.6 Å². The average molecular weight is 311 g/mol. The Kier molecular flexibility index (Phi) is 4.37. The fourth-order valence-corrected chi connectivity index (χ4v) is 2.85. The van der Waals surface area contributed by atoms with Gasteiger partial charge < -0.3 is 20.0 Å². The maximum absolute atomic E-state index is 12.2. The van der Waals surface area contributed by atoms with E-state index in [1.165, 1.54) is 11.3 Å². The lowest BCUT2D eigenvalue weighted by Gasteiger charge is -2.36. The second kappa shape index (κ2) is 6.60. The monoisotopic (exact) mass is 311 g/mol. The van der Waals surface area contributed by atoms with Crippen molar-refractivity contribution in [2.24, 2.45) is 0 Å². The quantitative estimate of drug-likeness (QED) is 0.699. The number of hydrogen-bond donors (Lipinski definition) is 1. The fraction of sp³-hybridized carbons (Fsp3) is 0.278. The first-order chi connectivity index (χ1) is 11.1. The molecule has 0 atom stereocenters. The van der Waals surface area contributed by atoms with Crippen LogP contribution in [-0.2, 0) is 4.79 Å². The van der Waals surface area contributed by atoms with E-state index in [2.05, 4.69) is 17.9 Å². The van der Waals surface area contributed by atoms with Gasteiger partial charge in [0.1, 0.15) is 5.76 Å². The topological polar surface area (TPSA) is 62.7 Å². The van der Waals surface area contributed by atoms with Crippen LogP contribution in [0.4, 0.5) is 11.4 Å². The Morgan fingerprint density at radius 2 is 2.00 bits per heavy atom. The van der Waals surface area contributed by atoms with Crippen LogP contribution in [0.25, 0.3) is 6.08 Å². The van der Waals surface area contributed by atoms with E-state index in [9.17, 15) is 4.79 Å². The van der Waals surface area contributed by atoms with E-state index in [0.717, 1.165) is 18.8 Å². The predicted molar refractivity (Wildman–Crippen MR) is 92.1 cm³/mol. The molecule has 2 heterocycles. The van der Waals surface area contributed by atoms with E-state index in [0.29, 0.717) is 18.8 Å². The minimum Gasteiger partial charge on any atom is -0.465 e. The number of hydrogen-bond acceptors (Lipinski definition) is 4. The van der Waals surface area contributed by atoms with Gasteiger partial charge in [-0.25, -0.2) is 0 Å². The fourth-order valence-electron chi connectivity index (χ4n) is 2.85. The number of furan rings is 1. The lowest BCUT2D eigenvalue weighted by atomic mass is 10.1. The lowest BCUT2D eigenvalue weighted by Crippen LogP contribution is -2.48. The number of benzene rings is 1. The highest BCUT2D eigenvalue weighted by molar-refractivity contribution is 5.91. The van der Waals surface area contributed by atoms with E-state index in [-0.39, 0.29) is 5.91 Å². The summed E-state index contributed by atoms with van der Waals surface area (Å²) in [6, 6.07) is 9.59. The first kappa shape index (κ1) is 15.2. The third-order valence-electron chi connectivity index (χ3n) is 4.09. The number of rotatable bonds is 3. The van der Waals surface area contributed by atoms with Crippen LogP contribution in [0.3, 0.4) is 0 Å². The summed E-state index contributed by atoms with van der Waals surface area (Å²) in [5.74, 6) is 0.713. The van der Waals surface area contributed by atoms with Gasteiger partial charge in [0.05, 0.1) is 6.26 Å². The zero-order chi connectivity index (χ0) is 16.2. The van der Waals surface area contributed by atoms with E-state index in [4.69, 9.17) is 10.2 Å². The molecule has 0 aliphatic carbocycles. The predicted octanol–water partition coefficient (Wildman–Crippen LogP) is 2.53. The van der Waals surface area contributed by atoms with Gasteiger partial charge in [-0.1, -0.05) is 0 Å². The highest BCUT2D eigenvalue weighted by Gasteiger charge is 2.20. The number of nitrogens with two attached hydrogens (primary N) is 1. The molecule has 5 heteroatoms. The molecule has 23 heavy (non-hydrogen) atoms. The van der Waals surface area contributed by atoms with E-state index >= 15 is 0 Å². The number of carbonyl (C=O) groups excluding carboxylic acids is 1. The first-order valence-corrected chi connectivity index (χ1v) is 7.75. The second-order valence-electron chi connectivity index (χ2n) is 5.71. The van der Waals surface area contributed by atoms with Gasteiger partial charge in [-0.05, 0) is 48.9 Å². The van der Waals surface area contributed by atoms with E-state index in [1.54, 1.807) is 24.5 Å². The molecule has 5 nitrogen and oxygen atoms in total. The van der Waals surface area contributed by atoms with Crippen molar-refractivity contribution in [3.8, 4) is 0 Å². The van der Waals surface area contributed by atoms with Gasteiger partial charge in [0.25, 0.3) is 0 Å². The molecule has 0 unspecified atom stereocenters. The van der Waals surface area contributed by atoms with Crippen molar-refractivity contribution in [3.63, 3.8) is 0 Å². The molecule has 1 aliphatic rings. The van der Waals surface area contributed by atoms with Crippen molar-refractivity contribution in [1.29, 1.82) is 0 Å². The summed E-state index contributed by atoms with van der Waals surface area (Å²) in [6.45, 7) is 5.14. The summed E-state index contributed by atoms with van der Waals surface area (Å²) >= 11 is 0. The minimum absolute atomic E-state index is 0.0232. The molecule has 120 valence electrons. The van der Waals surface area contributed by atoms with Crippen molar-refractivity contribution in [1.82, 2.24) is 4.90 Å². The van der Waals surface area contributed by atoms with Gasteiger partial charge in [-0.15, -0.1) is 0 Å². The van der Waals surface area contributed by atoms with Crippen LogP contribution >= 0.6 is 0 Å². The van der Waals surface area contributed by atoms with Crippen molar-refractivity contribution >= 4 is 23.4 Å². The van der Waals surface area contributed by atoms with E-state index in [1.807, 2.05) is 23.1 Å². The van der Waals surface area contributed by atoms with E-state index < -0.39 is 0 Å². The van der Waals surface area contributed by atoms with Crippen LogP contribution in [0.1, 0.15) is 11.3 Å². The third kappa shape index (κ3) is 3.56. The Morgan fingerprint density at radius 3 is 2.65 bits per heavy atom. The maximum Gasteiger partial charge on any atom is 0.246 e. The molecule has 0 radical (unpaired) electrons. The molecule has 1 aromatic carbocycles. The van der Waals surface area contributed by atoms with Crippen LogP contribution in [0.5, 0.6) is 0 Å². The molecule has 1 fully saturated rings. The summed E-state index contributed by atoms with van der Waals surface area (Å²) < 4.78 is 5.19. The smallest absolute Gasteiger partial charge is 0.246 e. The van der Waals surface area contributed by atoms with Gasteiger partial charge in [0.2, 0.25) is 5.91 Å². The SMILES string of the molecule is Cc1cc(N)ccc1N1CCN(C(=O)/C=C/c2ccco2)CC1. The van der Waals surface area contributed by atoms with Gasteiger partial charge >= 0.3 is 0 Å². The summed E-state index contributed by atoms with van der Waals surface area (Å²) in [6.07, 6.45) is 4.87. The number of aryl methyl sites for hydroxylation is 1. The van der Waals surface area contributed by atoms with Crippen LogP contribution < -0.4 is 10.6 Å². The van der Waals surface area contributed by atoms with Gasteiger partial charge in [-0.2, -0.15) is 0 Å². The zero-order valence-electron chi connectivity index (χ0n) is 13.2. The minimum atomic E-state index is 0.0232. The summed E-state index contributed by atoms with van der Waals surface area (Å²) in [5.41, 5.74) is 8.95. The third-order valence-corrected chi connectivity index (χ3v) is 4.09. The normalized spacial score (nSPS) is 15.3. The molecular weight excluding hydrogens is 290 g/mol. The standard InChI is InChI=1S/C18H21N3O2/c1-14-13-15(19)4-6-17(14)20-8-10-21(11-9-20)18(22)7-5-16-3-2-12-23-16/h2-7,12-13H,8-11,19H2,1H3/b7-5+. The van der Waals surface area contributed by atoms with Gasteiger partial charge in [0.15, 0.2) is 0 Å². The number of nitrogen functional groups attached to an aromatic ring is 1. The molecule has 0 bridgehead atoms. The first-order valence-electron chi connectivity index (χ1n) is 7.75. The Balaban J connectivity index is 1.58. The Morgan fingerprint density at radius 1 is 1.22 bits per heavy atom. The molecular formula is C18H21N3O2. The molecule has 2 N–H and O–H groups in total.